The third-order valence-corrected chi connectivity index (χ3v) is 3.05. The Hall–Kier alpha value is -2.67. The zero-order valence-corrected chi connectivity index (χ0v) is 11.6. The first-order valence-electron chi connectivity index (χ1n) is 6.12. The minimum atomic E-state index is -0.348. The lowest BCUT2D eigenvalue weighted by Crippen LogP contribution is -1.96. The molecule has 0 unspecified atom stereocenters. The van der Waals surface area contributed by atoms with Crippen LogP contribution in [-0.2, 0) is 0 Å². The van der Waals surface area contributed by atoms with Gasteiger partial charge in [0.25, 0.3) is 0 Å². The molecule has 0 aliphatic rings. The van der Waals surface area contributed by atoms with E-state index in [1.165, 1.54) is 17.0 Å². The Balaban J connectivity index is 2.02. The van der Waals surface area contributed by atoms with Gasteiger partial charge >= 0.3 is 0 Å². The SMILES string of the molecule is Fc1ccccc1/C=N\n1c(-c2cccnc2)n[nH]c1=S. The van der Waals surface area contributed by atoms with E-state index >= 15 is 0 Å². The van der Waals surface area contributed by atoms with E-state index in [9.17, 15) is 4.39 Å². The van der Waals surface area contributed by atoms with Crippen molar-refractivity contribution in [3.63, 3.8) is 0 Å². The van der Waals surface area contributed by atoms with Crippen LogP contribution in [0.5, 0.6) is 0 Å². The Kier molecular flexibility index (Phi) is 3.65. The van der Waals surface area contributed by atoms with Gasteiger partial charge < -0.3 is 0 Å². The molecular formula is C14H10FN5S. The highest BCUT2D eigenvalue weighted by atomic mass is 32.1. The van der Waals surface area contributed by atoms with Crippen LogP contribution in [0.4, 0.5) is 4.39 Å². The molecule has 0 aliphatic heterocycles. The maximum absolute atomic E-state index is 13.6. The molecule has 0 atom stereocenters. The number of nitrogens with zero attached hydrogens (tertiary/aromatic N) is 4. The molecule has 1 N–H and O–H groups in total. The van der Waals surface area contributed by atoms with Crippen molar-refractivity contribution in [2.45, 2.75) is 0 Å². The van der Waals surface area contributed by atoms with Crippen LogP contribution in [-0.4, -0.2) is 26.1 Å². The topological polar surface area (TPSA) is 58.9 Å². The van der Waals surface area contributed by atoms with Gasteiger partial charge in [-0.1, -0.05) is 18.2 Å². The summed E-state index contributed by atoms with van der Waals surface area (Å²) in [5, 5.41) is 11.0. The van der Waals surface area contributed by atoms with Gasteiger partial charge in [0, 0.05) is 23.5 Å². The average molecular weight is 299 g/mol. The summed E-state index contributed by atoms with van der Waals surface area (Å²) in [5.41, 5.74) is 1.13. The summed E-state index contributed by atoms with van der Waals surface area (Å²) in [5.74, 6) is 0.167. The maximum Gasteiger partial charge on any atom is 0.216 e. The number of halogens is 1. The third-order valence-electron chi connectivity index (χ3n) is 2.79. The molecule has 0 saturated heterocycles. The molecule has 0 spiro atoms. The molecular weight excluding hydrogens is 289 g/mol. The number of hydrogen-bond acceptors (Lipinski definition) is 4. The number of pyridine rings is 1. The van der Waals surface area contributed by atoms with Gasteiger partial charge in [-0.25, -0.2) is 9.49 Å². The monoisotopic (exact) mass is 299 g/mol. The third kappa shape index (κ3) is 2.77. The van der Waals surface area contributed by atoms with Crippen LogP contribution in [0.3, 0.4) is 0 Å². The predicted octanol–water partition coefficient (Wildman–Crippen LogP) is 3.02. The van der Waals surface area contributed by atoms with Crippen LogP contribution < -0.4 is 0 Å². The molecule has 5 nitrogen and oxygen atoms in total. The highest BCUT2D eigenvalue weighted by Gasteiger charge is 2.07. The number of aromatic amines is 1. The lowest BCUT2D eigenvalue weighted by molar-refractivity contribution is 0.625. The van der Waals surface area contributed by atoms with Crippen molar-refractivity contribution in [2.24, 2.45) is 5.10 Å². The molecule has 21 heavy (non-hydrogen) atoms. The molecule has 3 aromatic rings. The van der Waals surface area contributed by atoms with Gasteiger partial charge in [0.15, 0.2) is 5.82 Å². The second kappa shape index (κ2) is 5.76. The van der Waals surface area contributed by atoms with Crippen LogP contribution in [0.25, 0.3) is 11.4 Å². The first kappa shape index (κ1) is 13.3. The van der Waals surface area contributed by atoms with E-state index in [1.807, 2.05) is 6.07 Å². The van der Waals surface area contributed by atoms with Crippen molar-refractivity contribution in [3.8, 4) is 11.4 Å². The number of H-pyrrole nitrogens is 1. The van der Waals surface area contributed by atoms with Gasteiger partial charge in [-0.15, -0.1) is 0 Å². The average Bonchev–Trinajstić information content (AvgIpc) is 2.88. The van der Waals surface area contributed by atoms with Crippen LogP contribution >= 0.6 is 12.2 Å². The van der Waals surface area contributed by atoms with Gasteiger partial charge in [-0.3, -0.25) is 4.98 Å². The van der Waals surface area contributed by atoms with E-state index in [4.69, 9.17) is 12.2 Å². The summed E-state index contributed by atoms with van der Waals surface area (Å²) in [4.78, 5) is 4.03. The lowest BCUT2D eigenvalue weighted by Gasteiger charge is -2.00. The number of aromatic nitrogens is 4. The fraction of sp³-hybridized carbons (Fsp3) is 0. The molecule has 3 rings (SSSR count). The van der Waals surface area contributed by atoms with Gasteiger partial charge in [-0.05, 0) is 30.4 Å². The van der Waals surface area contributed by atoms with Crippen LogP contribution in [0, 0.1) is 10.6 Å². The summed E-state index contributed by atoms with van der Waals surface area (Å²) in [7, 11) is 0. The smallest absolute Gasteiger partial charge is 0.216 e. The van der Waals surface area contributed by atoms with E-state index in [-0.39, 0.29) is 5.82 Å². The Labute approximate surface area is 124 Å². The highest BCUT2D eigenvalue weighted by Crippen LogP contribution is 2.15. The van der Waals surface area contributed by atoms with E-state index in [0.717, 1.165) is 5.56 Å². The minimum Gasteiger partial charge on any atom is -0.264 e. The fourth-order valence-electron chi connectivity index (χ4n) is 1.78. The second-order valence-electron chi connectivity index (χ2n) is 4.17. The van der Waals surface area contributed by atoms with Gasteiger partial charge in [0.1, 0.15) is 5.82 Å². The lowest BCUT2D eigenvalue weighted by atomic mass is 10.2. The van der Waals surface area contributed by atoms with Crippen molar-refractivity contribution >= 4 is 18.4 Å². The molecule has 0 bridgehead atoms. The first-order chi connectivity index (χ1) is 10.3. The molecule has 0 aliphatic carbocycles. The summed E-state index contributed by atoms with van der Waals surface area (Å²) < 4.78 is 15.3. The van der Waals surface area contributed by atoms with Crippen LogP contribution in [0.1, 0.15) is 5.56 Å². The first-order valence-corrected chi connectivity index (χ1v) is 6.53. The van der Waals surface area contributed by atoms with E-state index in [2.05, 4.69) is 20.3 Å². The predicted molar refractivity (Wildman–Crippen MR) is 80.0 cm³/mol. The van der Waals surface area contributed by atoms with Crippen molar-refractivity contribution in [1.82, 2.24) is 19.9 Å². The summed E-state index contributed by atoms with van der Waals surface area (Å²) in [6.07, 6.45) is 4.72. The maximum atomic E-state index is 13.6. The number of benzene rings is 1. The van der Waals surface area contributed by atoms with Crippen LogP contribution in [0.2, 0.25) is 0 Å². The Morgan fingerprint density at radius 3 is 2.86 bits per heavy atom. The molecule has 104 valence electrons. The minimum absolute atomic E-state index is 0.321. The summed E-state index contributed by atoms with van der Waals surface area (Å²) in [6, 6.07) is 9.99. The molecule has 0 radical (unpaired) electrons. The number of hydrogen-bond donors (Lipinski definition) is 1. The number of nitrogens with one attached hydrogen (secondary N) is 1. The van der Waals surface area contributed by atoms with E-state index in [1.54, 1.807) is 36.7 Å². The quantitative estimate of drug-likeness (QED) is 0.597. The van der Waals surface area contributed by atoms with E-state index in [0.29, 0.717) is 16.2 Å². The van der Waals surface area contributed by atoms with Crippen molar-refractivity contribution in [1.29, 1.82) is 0 Å². The van der Waals surface area contributed by atoms with Crippen molar-refractivity contribution in [2.75, 3.05) is 0 Å². The molecule has 2 heterocycles. The normalized spacial score (nSPS) is 11.1. The van der Waals surface area contributed by atoms with Gasteiger partial charge in [0.05, 0.1) is 6.21 Å². The zero-order chi connectivity index (χ0) is 14.7. The summed E-state index contributed by atoms with van der Waals surface area (Å²) in [6.45, 7) is 0. The summed E-state index contributed by atoms with van der Waals surface area (Å²) >= 11 is 5.14. The molecule has 0 saturated carbocycles. The Morgan fingerprint density at radius 2 is 2.10 bits per heavy atom. The van der Waals surface area contributed by atoms with Crippen molar-refractivity contribution in [3.05, 3.63) is 64.9 Å². The largest absolute Gasteiger partial charge is 0.264 e. The Bertz CT molecular complexity index is 838. The van der Waals surface area contributed by atoms with E-state index < -0.39 is 0 Å². The molecule has 2 aromatic heterocycles. The molecule has 7 heteroatoms. The standard InChI is InChI=1S/C14H10FN5S/c15-12-6-2-1-4-10(12)9-17-20-13(18-19-14(20)21)11-5-3-7-16-8-11/h1-9H,(H,19,21)/b17-9-. The Morgan fingerprint density at radius 1 is 1.24 bits per heavy atom. The van der Waals surface area contributed by atoms with Crippen LogP contribution in [0.15, 0.2) is 53.9 Å². The fourth-order valence-corrected chi connectivity index (χ4v) is 1.96. The number of rotatable bonds is 3. The van der Waals surface area contributed by atoms with Crippen molar-refractivity contribution < 1.29 is 4.39 Å². The second-order valence-corrected chi connectivity index (χ2v) is 4.56. The molecule has 1 aromatic carbocycles. The molecule has 0 fully saturated rings. The zero-order valence-electron chi connectivity index (χ0n) is 10.8. The molecule has 0 amide bonds. The van der Waals surface area contributed by atoms with Gasteiger partial charge in [-0.2, -0.15) is 14.9 Å². The highest BCUT2D eigenvalue weighted by molar-refractivity contribution is 7.71. The van der Waals surface area contributed by atoms with Gasteiger partial charge in [0.2, 0.25) is 4.77 Å².